The van der Waals surface area contributed by atoms with E-state index >= 15 is 0 Å². The Labute approximate surface area is 115 Å². The highest BCUT2D eigenvalue weighted by Gasteiger charge is 2.30. The fourth-order valence-corrected chi connectivity index (χ4v) is 3.09. The summed E-state index contributed by atoms with van der Waals surface area (Å²) >= 11 is 0. The van der Waals surface area contributed by atoms with Crippen LogP contribution in [0.5, 0.6) is 0 Å². The Balaban J connectivity index is 2.62. The molecule has 1 N–H and O–H groups in total. The Kier molecular flexibility index (Phi) is 7.25. The van der Waals surface area contributed by atoms with E-state index in [0.29, 0.717) is 5.54 Å². The third-order valence-electron chi connectivity index (χ3n) is 4.54. The van der Waals surface area contributed by atoms with Crippen LogP contribution in [-0.2, 0) is 0 Å². The molecule has 0 radical (unpaired) electrons. The summed E-state index contributed by atoms with van der Waals surface area (Å²) in [6.45, 7) is 13.1. The summed E-state index contributed by atoms with van der Waals surface area (Å²) in [7, 11) is 0. The van der Waals surface area contributed by atoms with Gasteiger partial charge in [0.15, 0.2) is 0 Å². The molecule has 0 spiro atoms. The van der Waals surface area contributed by atoms with Crippen LogP contribution < -0.4 is 5.32 Å². The third kappa shape index (κ3) is 4.89. The Bertz CT molecular complexity index is 217. The van der Waals surface area contributed by atoms with Crippen LogP contribution in [0.15, 0.2) is 0 Å². The van der Waals surface area contributed by atoms with Crippen molar-refractivity contribution in [1.29, 1.82) is 0 Å². The number of unbranched alkanes of at least 4 members (excludes halogenated alkanes) is 1. The summed E-state index contributed by atoms with van der Waals surface area (Å²) < 4.78 is 0. The second-order valence-corrected chi connectivity index (χ2v) is 6.25. The van der Waals surface area contributed by atoms with Crippen molar-refractivity contribution in [3.8, 4) is 0 Å². The molecule has 1 aliphatic rings. The van der Waals surface area contributed by atoms with E-state index in [-0.39, 0.29) is 0 Å². The smallest absolute Gasteiger partial charge is 0.0277 e. The molecule has 2 atom stereocenters. The summed E-state index contributed by atoms with van der Waals surface area (Å²) in [6.07, 6.45) is 9.35. The lowest BCUT2D eigenvalue weighted by Gasteiger charge is -2.37. The van der Waals surface area contributed by atoms with E-state index in [4.69, 9.17) is 0 Å². The lowest BCUT2D eigenvalue weighted by Crippen LogP contribution is -2.50. The molecule has 1 rings (SSSR count). The normalized spacial score (nSPS) is 28.0. The summed E-state index contributed by atoms with van der Waals surface area (Å²) in [4.78, 5) is 2.78. The van der Waals surface area contributed by atoms with Gasteiger partial charge in [0.1, 0.15) is 0 Å². The first-order chi connectivity index (χ1) is 8.65. The van der Waals surface area contributed by atoms with Crippen molar-refractivity contribution in [2.45, 2.75) is 84.2 Å². The van der Waals surface area contributed by atoms with Gasteiger partial charge in [0, 0.05) is 18.1 Å². The predicted octanol–water partition coefficient (Wildman–Crippen LogP) is 3.81. The van der Waals surface area contributed by atoms with Crippen LogP contribution in [0.25, 0.3) is 0 Å². The first kappa shape index (κ1) is 16.0. The zero-order valence-electron chi connectivity index (χ0n) is 13.1. The minimum absolute atomic E-state index is 0.328. The lowest BCUT2D eigenvalue weighted by atomic mass is 9.96. The Morgan fingerprint density at radius 1 is 1.17 bits per heavy atom. The molecule has 1 fully saturated rings. The first-order valence-electron chi connectivity index (χ1n) is 8.14. The number of hydrogen-bond acceptors (Lipinski definition) is 2. The standard InChI is InChI=1S/C16H34N2/c1-5-8-11-15(10-6-2)18-13-9-12-17-16(4,7-3)14-18/h15,17H,5-14H2,1-4H3. The van der Waals surface area contributed by atoms with E-state index in [1.807, 2.05) is 0 Å². The van der Waals surface area contributed by atoms with Crippen LogP contribution in [0, 0.1) is 0 Å². The van der Waals surface area contributed by atoms with Gasteiger partial charge in [-0.1, -0.05) is 40.0 Å². The van der Waals surface area contributed by atoms with Crippen LogP contribution in [0.1, 0.15) is 72.6 Å². The second kappa shape index (κ2) is 8.16. The van der Waals surface area contributed by atoms with Gasteiger partial charge in [-0.2, -0.15) is 0 Å². The maximum absolute atomic E-state index is 3.75. The average molecular weight is 254 g/mol. The summed E-state index contributed by atoms with van der Waals surface area (Å²) in [6, 6.07) is 0.820. The highest BCUT2D eigenvalue weighted by atomic mass is 15.2. The minimum atomic E-state index is 0.328. The van der Waals surface area contributed by atoms with E-state index in [2.05, 4.69) is 37.9 Å². The van der Waals surface area contributed by atoms with E-state index in [1.54, 1.807) is 0 Å². The van der Waals surface area contributed by atoms with Crippen molar-refractivity contribution >= 4 is 0 Å². The SMILES string of the molecule is CCCCC(CCC)N1CCCNC(C)(CC)C1. The van der Waals surface area contributed by atoms with Crippen molar-refractivity contribution in [3.63, 3.8) is 0 Å². The molecule has 1 heterocycles. The zero-order chi connectivity index (χ0) is 13.4. The molecule has 0 aliphatic carbocycles. The fraction of sp³-hybridized carbons (Fsp3) is 1.00. The molecule has 18 heavy (non-hydrogen) atoms. The molecule has 0 aromatic carbocycles. The lowest BCUT2D eigenvalue weighted by molar-refractivity contribution is 0.142. The summed E-state index contributed by atoms with van der Waals surface area (Å²) in [5.41, 5.74) is 0.328. The molecular weight excluding hydrogens is 220 g/mol. The average Bonchev–Trinajstić information content (AvgIpc) is 2.57. The van der Waals surface area contributed by atoms with Gasteiger partial charge in [-0.05, 0) is 45.7 Å². The fourth-order valence-electron chi connectivity index (χ4n) is 3.09. The Hall–Kier alpha value is -0.0800. The third-order valence-corrected chi connectivity index (χ3v) is 4.54. The molecule has 0 aromatic rings. The van der Waals surface area contributed by atoms with Crippen molar-refractivity contribution in [2.24, 2.45) is 0 Å². The molecule has 0 aromatic heterocycles. The molecule has 1 aliphatic heterocycles. The molecule has 0 amide bonds. The summed E-state index contributed by atoms with van der Waals surface area (Å²) in [5, 5.41) is 3.75. The van der Waals surface area contributed by atoms with Crippen molar-refractivity contribution in [1.82, 2.24) is 10.2 Å². The minimum Gasteiger partial charge on any atom is -0.310 e. The topological polar surface area (TPSA) is 15.3 Å². The van der Waals surface area contributed by atoms with Gasteiger partial charge in [-0.25, -0.2) is 0 Å². The van der Waals surface area contributed by atoms with Gasteiger partial charge in [0.05, 0.1) is 0 Å². The predicted molar refractivity (Wildman–Crippen MR) is 81.1 cm³/mol. The molecule has 0 saturated carbocycles. The van der Waals surface area contributed by atoms with E-state index in [0.717, 1.165) is 6.04 Å². The maximum atomic E-state index is 3.75. The number of nitrogens with one attached hydrogen (secondary N) is 1. The quantitative estimate of drug-likeness (QED) is 0.743. The molecule has 2 unspecified atom stereocenters. The first-order valence-corrected chi connectivity index (χ1v) is 8.14. The highest BCUT2D eigenvalue weighted by Crippen LogP contribution is 2.21. The van der Waals surface area contributed by atoms with Gasteiger partial charge in [0.25, 0.3) is 0 Å². The highest BCUT2D eigenvalue weighted by molar-refractivity contribution is 4.90. The Morgan fingerprint density at radius 3 is 2.56 bits per heavy atom. The second-order valence-electron chi connectivity index (χ2n) is 6.25. The van der Waals surface area contributed by atoms with Gasteiger partial charge >= 0.3 is 0 Å². The van der Waals surface area contributed by atoms with Crippen LogP contribution in [-0.4, -0.2) is 36.1 Å². The van der Waals surface area contributed by atoms with Crippen molar-refractivity contribution < 1.29 is 0 Å². The van der Waals surface area contributed by atoms with Gasteiger partial charge in [0.2, 0.25) is 0 Å². The van der Waals surface area contributed by atoms with Crippen LogP contribution in [0.2, 0.25) is 0 Å². The number of nitrogens with zero attached hydrogens (tertiary/aromatic N) is 1. The van der Waals surface area contributed by atoms with E-state index in [1.165, 1.54) is 64.6 Å². The summed E-state index contributed by atoms with van der Waals surface area (Å²) in [5.74, 6) is 0. The van der Waals surface area contributed by atoms with Crippen molar-refractivity contribution in [3.05, 3.63) is 0 Å². The monoisotopic (exact) mass is 254 g/mol. The molecule has 2 heteroatoms. The van der Waals surface area contributed by atoms with Crippen LogP contribution in [0.4, 0.5) is 0 Å². The molecule has 108 valence electrons. The van der Waals surface area contributed by atoms with Gasteiger partial charge in [-0.15, -0.1) is 0 Å². The largest absolute Gasteiger partial charge is 0.310 e. The van der Waals surface area contributed by atoms with Gasteiger partial charge < -0.3 is 5.32 Å². The van der Waals surface area contributed by atoms with Crippen LogP contribution >= 0.6 is 0 Å². The van der Waals surface area contributed by atoms with E-state index < -0.39 is 0 Å². The van der Waals surface area contributed by atoms with Gasteiger partial charge in [-0.3, -0.25) is 4.90 Å². The number of hydrogen-bond donors (Lipinski definition) is 1. The Morgan fingerprint density at radius 2 is 1.94 bits per heavy atom. The molecule has 1 saturated heterocycles. The molecule has 0 bridgehead atoms. The maximum Gasteiger partial charge on any atom is 0.0277 e. The number of rotatable bonds is 7. The molecular formula is C16H34N2. The molecule has 2 nitrogen and oxygen atoms in total. The van der Waals surface area contributed by atoms with Crippen LogP contribution in [0.3, 0.4) is 0 Å². The van der Waals surface area contributed by atoms with E-state index in [9.17, 15) is 0 Å². The zero-order valence-corrected chi connectivity index (χ0v) is 13.1. The van der Waals surface area contributed by atoms with Crippen molar-refractivity contribution in [2.75, 3.05) is 19.6 Å².